The molecule has 0 bridgehead atoms. The molecule has 1 aromatic rings. The lowest BCUT2D eigenvalue weighted by Crippen LogP contribution is -2.17. The molecule has 2 heterocycles. The number of rotatable bonds is 0. The first-order valence-corrected chi connectivity index (χ1v) is 3.97. The fraction of sp³-hybridized carbons (Fsp3) is 0.600. The Morgan fingerprint density at radius 3 is 3.40 bits per heavy atom. The monoisotopic (exact) mass is 157 g/mol. The summed E-state index contributed by atoms with van der Waals surface area (Å²) in [4.78, 5) is 10.9. The molecular weight excluding hydrogens is 150 g/mol. The third kappa shape index (κ3) is 0.701. The molecule has 0 saturated heterocycles. The van der Waals surface area contributed by atoms with Crippen molar-refractivity contribution >= 4 is 11.8 Å². The van der Waals surface area contributed by atoms with E-state index < -0.39 is 0 Å². The highest BCUT2D eigenvalue weighted by atomic mass is 32.2. The Labute approximate surface area is 61.6 Å². The second kappa shape index (κ2) is 1.88. The quantitative estimate of drug-likeness (QED) is 0.579. The number of fused-ring (bicyclic) bond motifs is 1. The molecule has 0 fully saturated rings. The van der Waals surface area contributed by atoms with Crippen LogP contribution < -0.4 is 5.69 Å². The SMILES string of the molecule is CC1Cn2c(n[nH]c2=O)S1. The third-order valence-corrected chi connectivity index (χ3v) is 2.54. The van der Waals surface area contributed by atoms with Crippen LogP contribution in [0.15, 0.2) is 9.95 Å². The van der Waals surface area contributed by atoms with Crippen molar-refractivity contribution in [1.82, 2.24) is 14.8 Å². The first kappa shape index (κ1) is 6.03. The van der Waals surface area contributed by atoms with Crippen LogP contribution in [0.2, 0.25) is 0 Å². The van der Waals surface area contributed by atoms with Crippen LogP contribution in [0.4, 0.5) is 0 Å². The molecule has 1 aliphatic rings. The van der Waals surface area contributed by atoms with Gasteiger partial charge in [0.15, 0.2) is 5.16 Å². The van der Waals surface area contributed by atoms with Crippen LogP contribution in [0.5, 0.6) is 0 Å². The second-order valence-electron chi connectivity index (χ2n) is 2.35. The van der Waals surface area contributed by atoms with Crippen molar-refractivity contribution in [3.8, 4) is 0 Å². The number of thioether (sulfide) groups is 1. The average Bonchev–Trinajstić information content (AvgIpc) is 2.35. The van der Waals surface area contributed by atoms with Crippen LogP contribution in [0.1, 0.15) is 6.92 Å². The highest BCUT2D eigenvalue weighted by Gasteiger charge is 2.21. The summed E-state index contributed by atoms with van der Waals surface area (Å²) in [7, 11) is 0. The van der Waals surface area contributed by atoms with E-state index in [1.807, 2.05) is 0 Å². The van der Waals surface area contributed by atoms with E-state index in [0.717, 1.165) is 11.7 Å². The highest BCUT2D eigenvalue weighted by molar-refractivity contribution is 7.99. The summed E-state index contributed by atoms with van der Waals surface area (Å²) in [6.45, 7) is 2.87. The van der Waals surface area contributed by atoms with Crippen molar-refractivity contribution in [2.45, 2.75) is 23.9 Å². The molecular formula is C5H7N3OS. The van der Waals surface area contributed by atoms with Gasteiger partial charge in [-0.1, -0.05) is 18.7 Å². The largest absolute Gasteiger partial charge is 0.344 e. The van der Waals surface area contributed by atoms with Crippen LogP contribution in [-0.4, -0.2) is 20.0 Å². The van der Waals surface area contributed by atoms with Crippen LogP contribution in [0, 0.1) is 0 Å². The predicted molar refractivity (Wildman–Crippen MR) is 38.2 cm³/mol. The zero-order chi connectivity index (χ0) is 7.14. The minimum absolute atomic E-state index is 0.0909. The van der Waals surface area contributed by atoms with Crippen LogP contribution >= 0.6 is 11.8 Å². The van der Waals surface area contributed by atoms with Crippen molar-refractivity contribution < 1.29 is 0 Å². The summed E-state index contributed by atoms with van der Waals surface area (Å²) in [5.41, 5.74) is -0.0909. The van der Waals surface area contributed by atoms with E-state index in [1.165, 1.54) is 0 Å². The van der Waals surface area contributed by atoms with E-state index in [2.05, 4.69) is 17.1 Å². The predicted octanol–water partition coefficient (Wildman–Crippen LogP) is 0.0656. The Hall–Kier alpha value is -0.710. The van der Waals surface area contributed by atoms with Gasteiger partial charge < -0.3 is 0 Å². The van der Waals surface area contributed by atoms with Crippen molar-refractivity contribution in [3.63, 3.8) is 0 Å². The fourth-order valence-electron chi connectivity index (χ4n) is 1.03. The Balaban J connectivity index is 2.53. The van der Waals surface area contributed by atoms with Crippen molar-refractivity contribution in [1.29, 1.82) is 0 Å². The second-order valence-corrected chi connectivity index (χ2v) is 3.76. The van der Waals surface area contributed by atoms with E-state index in [0.29, 0.717) is 5.25 Å². The van der Waals surface area contributed by atoms with Gasteiger partial charge in [-0.15, -0.1) is 5.10 Å². The molecule has 5 heteroatoms. The van der Waals surface area contributed by atoms with Gasteiger partial charge in [-0.25, -0.2) is 9.89 Å². The molecule has 1 aliphatic heterocycles. The van der Waals surface area contributed by atoms with Gasteiger partial charge in [0.25, 0.3) is 0 Å². The molecule has 0 aromatic carbocycles. The summed E-state index contributed by atoms with van der Waals surface area (Å²) in [6, 6.07) is 0. The maximum atomic E-state index is 10.9. The summed E-state index contributed by atoms with van der Waals surface area (Å²) < 4.78 is 1.66. The van der Waals surface area contributed by atoms with E-state index in [1.54, 1.807) is 16.3 Å². The van der Waals surface area contributed by atoms with Crippen molar-refractivity contribution in [2.24, 2.45) is 0 Å². The van der Waals surface area contributed by atoms with Gasteiger partial charge in [-0.05, 0) is 0 Å². The van der Waals surface area contributed by atoms with Gasteiger partial charge in [-0.2, -0.15) is 0 Å². The van der Waals surface area contributed by atoms with Gasteiger partial charge in [0, 0.05) is 11.8 Å². The topological polar surface area (TPSA) is 50.7 Å². The maximum Gasteiger partial charge on any atom is 0.344 e. The van der Waals surface area contributed by atoms with Gasteiger partial charge in [0.05, 0.1) is 0 Å². The molecule has 0 radical (unpaired) electrons. The van der Waals surface area contributed by atoms with E-state index in [4.69, 9.17) is 0 Å². The average molecular weight is 157 g/mol. The van der Waals surface area contributed by atoms with E-state index in [9.17, 15) is 4.79 Å². The number of H-pyrrole nitrogens is 1. The standard InChI is InChI=1S/C5H7N3OS/c1-3-2-8-4(9)6-7-5(8)10-3/h3H,2H2,1H3,(H,6,9). The van der Waals surface area contributed by atoms with E-state index in [-0.39, 0.29) is 5.69 Å². The molecule has 2 rings (SSSR count). The van der Waals surface area contributed by atoms with Crippen molar-refractivity contribution in [2.75, 3.05) is 0 Å². The molecule has 1 aromatic heterocycles. The fourth-order valence-corrected chi connectivity index (χ4v) is 2.00. The van der Waals surface area contributed by atoms with Gasteiger partial charge >= 0.3 is 5.69 Å². The Morgan fingerprint density at radius 1 is 1.90 bits per heavy atom. The molecule has 1 atom stereocenters. The molecule has 0 aliphatic carbocycles. The summed E-state index contributed by atoms with van der Waals surface area (Å²) in [5.74, 6) is 0. The van der Waals surface area contributed by atoms with E-state index >= 15 is 0 Å². The van der Waals surface area contributed by atoms with Gasteiger partial charge in [0.2, 0.25) is 0 Å². The Kier molecular flexibility index (Phi) is 1.14. The molecule has 1 N–H and O–H groups in total. The van der Waals surface area contributed by atoms with Crippen molar-refractivity contribution in [3.05, 3.63) is 10.5 Å². The van der Waals surface area contributed by atoms with Gasteiger partial charge in [0.1, 0.15) is 0 Å². The number of nitrogens with zero attached hydrogens (tertiary/aromatic N) is 2. The maximum absolute atomic E-state index is 10.9. The minimum atomic E-state index is -0.0909. The number of nitrogens with one attached hydrogen (secondary N) is 1. The number of aromatic amines is 1. The minimum Gasteiger partial charge on any atom is -0.269 e. The van der Waals surface area contributed by atoms with Gasteiger partial charge in [-0.3, -0.25) is 4.57 Å². The first-order valence-electron chi connectivity index (χ1n) is 3.09. The summed E-state index contributed by atoms with van der Waals surface area (Å²) in [5, 5.41) is 7.54. The molecule has 1 unspecified atom stereocenters. The molecule has 54 valence electrons. The molecule has 0 saturated carbocycles. The Morgan fingerprint density at radius 2 is 2.70 bits per heavy atom. The van der Waals surface area contributed by atoms with Crippen LogP contribution in [0.3, 0.4) is 0 Å². The molecule has 10 heavy (non-hydrogen) atoms. The zero-order valence-corrected chi connectivity index (χ0v) is 6.31. The molecule has 4 nitrogen and oxygen atoms in total. The highest BCUT2D eigenvalue weighted by Crippen LogP contribution is 2.27. The third-order valence-electron chi connectivity index (χ3n) is 1.47. The first-order chi connectivity index (χ1) is 4.77. The van der Waals surface area contributed by atoms with Crippen LogP contribution in [0.25, 0.3) is 0 Å². The molecule has 0 amide bonds. The summed E-state index contributed by atoms with van der Waals surface area (Å²) in [6.07, 6.45) is 0. The summed E-state index contributed by atoms with van der Waals surface area (Å²) >= 11 is 1.63. The lowest BCUT2D eigenvalue weighted by atomic mass is 10.5. The zero-order valence-electron chi connectivity index (χ0n) is 5.50. The number of aromatic nitrogens is 3. The Bertz CT molecular complexity index is 302. The normalized spacial score (nSPS) is 23.1. The smallest absolute Gasteiger partial charge is 0.269 e. The van der Waals surface area contributed by atoms with Crippen LogP contribution in [-0.2, 0) is 6.54 Å². The molecule has 0 spiro atoms. The number of hydrogen-bond acceptors (Lipinski definition) is 3. The lowest BCUT2D eigenvalue weighted by molar-refractivity contribution is 0.648. The number of hydrogen-bond donors (Lipinski definition) is 1. The lowest BCUT2D eigenvalue weighted by Gasteiger charge is -1.93.